The molecular formula is C27H33N3O2. The summed E-state index contributed by atoms with van der Waals surface area (Å²) < 4.78 is 5.74. The minimum absolute atomic E-state index is 0.129. The van der Waals surface area contributed by atoms with Gasteiger partial charge in [-0.25, -0.2) is 0 Å². The summed E-state index contributed by atoms with van der Waals surface area (Å²) in [6.07, 6.45) is 7.94. The van der Waals surface area contributed by atoms with E-state index in [2.05, 4.69) is 23.2 Å². The molecule has 4 rings (SSSR count). The maximum absolute atomic E-state index is 12.8. The van der Waals surface area contributed by atoms with Crippen molar-refractivity contribution < 1.29 is 9.53 Å². The lowest BCUT2D eigenvalue weighted by atomic mass is 10.1. The molecule has 168 valence electrons. The third-order valence-corrected chi connectivity index (χ3v) is 6.15. The van der Waals surface area contributed by atoms with Crippen LogP contribution in [-0.2, 0) is 6.54 Å². The first kappa shape index (κ1) is 22.3. The second kappa shape index (κ2) is 10.6. The molecule has 0 aliphatic carbocycles. The Balaban J connectivity index is 1.41. The van der Waals surface area contributed by atoms with Gasteiger partial charge in [-0.05, 0) is 86.8 Å². The molecule has 0 bridgehead atoms. The Labute approximate surface area is 190 Å². The topological polar surface area (TPSA) is 54.5 Å². The average molecular weight is 432 g/mol. The molecule has 0 saturated carbocycles. The highest BCUT2D eigenvalue weighted by Gasteiger charge is 2.14. The molecule has 0 spiro atoms. The summed E-state index contributed by atoms with van der Waals surface area (Å²) in [5.41, 5.74) is 4.57. The van der Waals surface area contributed by atoms with Gasteiger partial charge in [0.1, 0.15) is 5.75 Å². The van der Waals surface area contributed by atoms with Crippen LogP contribution in [0.25, 0.3) is 10.9 Å². The lowest BCUT2D eigenvalue weighted by Gasteiger charge is -2.15. The number of benzene rings is 2. The van der Waals surface area contributed by atoms with Gasteiger partial charge >= 0.3 is 0 Å². The van der Waals surface area contributed by atoms with E-state index < -0.39 is 0 Å². The average Bonchev–Trinajstić information content (AvgIpc) is 3.32. The fourth-order valence-electron chi connectivity index (χ4n) is 4.25. The Kier molecular flexibility index (Phi) is 7.38. The summed E-state index contributed by atoms with van der Waals surface area (Å²) in [6.45, 7) is 8.20. The van der Waals surface area contributed by atoms with Crippen molar-refractivity contribution in [2.75, 3.05) is 25.0 Å². The summed E-state index contributed by atoms with van der Waals surface area (Å²) in [5.74, 6) is 0.670. The van der Waals surface area contributed by atoms with Crippen LogP contribution >= 0.6 is 0 Å². The van der Waals surface area contributed by atoms with E-state index >= 15 is 0 Å². The molecule has 0 radical (unpaired) electrons. The monoisotopic (exact) mass is 431 g/mol. The van der Waals surface area contributed by atoms with Crippen molar-refractivity contribution in [3.63, 3.8) is 0 Å². The zero-order chi connectivity index (χ0) is 22.3. The van der Waals surface area contributed by atoms with Crippen LogP contribution in [0.5, 0.6) is 5.75 Å². The van der Waals surface area contributed by atoms with Gasteiger partial charge in [-0.3, -0.25) is 14.7 Å². The molecule has 2 aromatic carbocycles. The number of aryl methyl sites for hydroxylation is 1. The summed E-state index contributed by atoms with van der Waals surface area (Å²) in [5, 5.41) is 4.16. The summed E-state index contributed by atoms with van der Waals surface area (Å²) >= 11 is 0. The van der Waals surface area contributed by atoms with Gasteiger partial charge < -0.3 is 10.1 Å². The first-order chi connectivity index (χ1) is 15.6. The number of unbranched alkanes of at least 4 members (excludes halogenated alkanes) is 2. The van der Waals surface area contributed by atoms with E-state index in [9.17, 15) is 4.79 Å². The molecular weight excluding hydrogens is 398 g/mol. The van der Waals surface area contributed by atoms with Crippen LogP contribution < -0.4 is 10.1 Å². The molecule has 5 nitrogen and oxygen atoms in total. The van der Waals surface area contributed by atoms with Crippen molar-refractivity contribution in [1.82, 2.24) is 9.88 Å². The molecule has 0 atom stereocenters. The normalized spacial score (nSPS) is 14.1. The van der Waals surface area contributed by atoms with Gasteiger partial charge in [0.15, 0.2) is 0 Å². The van der Waals surface area contributed by atoms with E-state index in [1.807, 2.05) is 49.5 Å². The van der Waals surface area contributed by atoms with Crippen molar-refractivity contribution in [1.29, 1.82) is 0 Å². The van der Waals surface area contributed by atoms with E-state index in [1.165, 1.54) is 44.3 Å². The van der Waals surface area contributed by atoms with Crippen molar-refractivity contribution in [3.8, 4) is 5.75 Å². The van der Waals surface area contributed by atoms with Crippen LogP contribution in [0.4, 0.5) is 5.69 Å². The largest absolute Gasteiger partial charge is 0.494 e. The molecule has 0 unspecified atom stereocenters. The maximum Gasteiger partial charge on any atom is 0.255 e. The van der Waals surface area contributed by atoms with Gasteiger partial charge in [-0.1, -0.05) is 25.8 Å². The number of likely N-dealkylation sites (tertiary alicyclic amines) is 1. The Morgan fingerprint density at radius 1 is 1.09 bits per heavy atom. The second-order valence-electron chi connectivity index (χ2n) is 8.67. The number of hydrogen-bond acceptors (Lipinski definition) is 4. The number of nitrogens with one attached hydrogen (secondary N) is 1. The third-order valence-electron chi connectivity index (χ3n) is 6.15. The molecule has 32 heavy (non-hydrogen) atoms. The van der Waals surface area contributed by atoms with Crippen LogP contribution in [-0.4, -0.2) is 35.5 Å². The number of nitrogens with zero attached hydrogens (tertiary/aromatic N) is 2. The SMILES string of the molecule is CCCCCOc1ccc(C(=O)Nc2ccc3cc(CN4CCCC4)cnc3c2C)cc1. The third kappa shape index (κ3) is 5.46. The molecule has 1 N–H and O–H groups in total. The van der Waals surface area contributed by atoms with Crippen molar-refractivity contribution in [2.45, 2.75) is 52.5 Å². The predicted molar refractivity (Wildman–Crippen MR) is 130 cm³/mol. The molecule has 5 heteroatoms. The zero-order valence-electron chi connectivity index (χ0n) is 19.2. The second-order valence-corrected chi connectivity index (χ2v) is 8.67. The number of fused-ring (bicyclic) bond motifs is 1. The molecule has 2 heterocycles. The van der Waals surface area contributed by atoms with Crippen LogP contribution in [0, 0.1) is 6.92 Å². The fraction of sp³-hybridized carbons (Fsp3) is 0.407. The van der Waals surface area contributed by atoms with Crippen LogP contribution in [0.2, 0.25) is 0 Å². The van der Waals surface area contributed by atoms with E-state index in [0.29, 0.717) is 12.2 Å². The molecule has 1 aliphatic rings. The first-order valence-corrected chi connectivity index (χ1v) is 11.8. The highest BCUT2D eigenvalue weighted by molar-refractivity contribution is 6.06. The van der Waals surface area contributed by atoms with Crippen LogP contribution in [0.15, 0.2) is 48.7 Å². The number of rotatable bonds is 9. The van der Waals surface area contributed by atoms with Gasteiger partial charge in [0, 0.05) is 29.4 Å². The number of hydrogen-bond donors (Lipinski definition) is 1. The number of ether oxygens (including phenoxy) is 1. The van der Waals surface area contributed by atoms with Gasteiger partial charge in [0.25, 0.3) is 5.91 Å². The van der Waals surface area contributed by atoms with Gasteiger partial charge in [-0.15, -0.1) is 0 Å². The van der Waals surface area contributed by atoms with Crippen molar-refractivity contribution >= 4 is 22.5 Å². The summed E-state index contributed by atoms with van der Waals surface area (Å²) in [4.78, 5) is 20.0. The lowest BCUT2D eigenvalue weighted by Crippen LogP contribution is -2.18. The fourth-order valence-corrected chi connectivity index (χ4v) is 4.25. The lowest BCUT2D eigenvalue weighted by molar-refractivity contribution is 0.102. The number of anilines is 1. The molecule has 1 fully saturated rings. The maximum atomic E-state index is 12.8. The number of pyridine rings is 1. The highest BCUT2D eigenvalue weighted by Crippen LogP contribution is 2.26. The number of amides is 1. The Morgan fingerprint density at radius 3 is 2.62 bits per heavy atom. The quantitative estimate of drug-likeness (QED) is 0.425. The standard InChI is InChI=1S/C27H33N3O2/c1-3-4-7-16-32-24-11-8-22(9-12-24)27(31)29-25-13-10-23-17-21(18-28-26(23)20(25)2)19-30-14-5-6-15-30/h8-13,17-18H,3-7,14-16,19H2,1-2H3,(H,29,31). The summed E-state index contributed by atoms with van der Waals surface area (Å²) in [6, 6.07) is 13.6. The molecule has 1 amide bonds. The van der Waals surface area contributed by atoms with Crippen LogP contribution in [0.3, 0.4) is 0 Å². The number of carbonyl (C=O) groups is 1. The van der Waals surface area contributed by atoms with Gasteiger partial charge in [0.05, 0.1) is 12.1 Å². The minimum atomic E-state index is -0.129. The van der Waals surface area contributed by atoms with E-state index in [0.717, 1.165) is 40.9 Å². The van der Waals surface area contributed by atoms with Gasteiger partial charge in [-0.2, -0.15) is 0 Å². The van der Waals surface area contributed by atoms with E-state index in [1.54, 1.807) is 0 Å². The molecule has 3 aromatic rings. The van der Waals surface area contributed by atoms with Gasteiger partial charge in [0.2, 0.25) is 0 Å². The van der Waals surface area contributed by atoms with E-state index in [4.69, 9.17) is 9.72 Å². The highest BCUT2D eigenvalue weighted by atomic mass is 16.5. The molecule has 1 saturated heterocycles. The Hall–Kier alpha value is -2.92. The first-order valence-electron chi connectivity index (χ1n) is 11.8. The van der Waals surface area contributed by atoms with Crippen molar-refractivity contribution in [2.24, 2.45) is 0 Å². The molecule has 1 aliphatic heterocycles. The Bertz CT molecular complexity index is 1060. The minimum Gasteiger partial charge on any atom is -0.494 e. The van der Waals surface area contributed by atoms with Crippen molar-refractivity contribution in [3.05, 3.63) is 65.4 Å². The zero-order valence-corrected chi connectivity index (χ0v) is 19.2. The summed E-state index contributed by atoms with van der Waals surface area (Å²) in [7, 11) is 0. The molecule has 1 aromatic heterocycles. The Morgan fingerprint density at radius 2 is 1.88 bits per heavy atom. The number of aromatic nitrogens is 1. The van der Waals surface area contributed by atoms with Crippen LogP contribution in [0.1, 0.15) is 60.5 Å². The smallest absolute Gasteiger partial charge is 0.255 e. The predicted octanol–water partition coefficient (Wildman–Crippen LogP) is 5.96. The number of carbonyl (C=O) groups excluding carboxylic acids is 1. The van der Waals surface area contributed by atoms with E-state index in [-0.39, 0.29) is 5.91 Å².